The largest absolute Gasteiger partial charge is 0.494 e. The predicted molar refractivity (Wildman–Crippen MR) is 93.3 cm³/mol. The van der Waals surface area contributed by atoms with Crippen LogP contribution in [-0.4, -0.2) is 32.9 Å². The number of aliphatic hydroxyl groups excluding tert-OH is 1. The number of fused-ring (bicyclic) bond motifs is 1. The second-order valence-electron chi connectivity index (χ2n) is 5.57. The molecule has 1 aromatic carbocycles. The van der Waals surface area contributed by atoms with Crippen molar-refractivity contribution in [3.63, 3.8) is 0 Å². The van der Waals surface area contributed by atoms with E-state index >= 15 is 0 Å². The van der Waals surface area contributed by atoms with Crippen molar-refractivity contribution in [1.82, 2.24) is 14.5 Å². The van der Waals surface area contributed by atoms with Crippen LogP contribution in [-0.2, 0) is 6.54 Å². The Kier molecular flexibility index (Phi) is 4.96. The number of nitrogens with one attached hydrogen (secondary N) is 1. The van der Waals surface area contributed by atoms with Gasteiger partial charge in [0.15, 0.2) is 0 Å². The second kappa shape index (κ2) is 7.31. The minimum atomic E-state index is -0.165. The summed E-state index contributed by atoms with van der Waals surface area (Å²) in [5.74, 6) is 1.41. The summed E-state index contributed by atoms with van der Waals surface area (Å²) < 4.78 is 7.47. The number of benzene rings is 1. The minimum Gasteiger partial charge on any atom is -0.494 e. The molecule has 24 heavy (non-hydrogen) atoms. The summed E-state index contributed by atoms with van der Waals surface area (Å²) in [6, 6.07) is 7.45. The van der Waals surface area contributed by atoms with Gasteiger partial charge in [-0.2, -0.15) is 0 Å². The van der Waals surface area contributed by atoms with E-state index in [1.54, 1.807) is 6.20 Å². The van der Waals surface area contributed by atoms with Crippen LogP contribution in [0.25, 0.3) is 22.3 Å². The number of rotatable bonds is 7. The zero-order valence-electron chi connectivity index (χ0n) is 13.7. The first-order valence-corrected chi connectivity index (χ1v) is 8.15. The number of imidazole rings is 1. The smallest absolute Gasteiger partial charge is 0.259 e. The van der Waals surface area contributed by atoms with Crippen LogP contribution in [0.15, 0.2) is 41.5 Å². The minimum absolute atomic E-state index is 0.165. The summed E-state index contributed by atoms with van der Waals surface area (Å²) in [6.07, 6.45) is 5.10. The van der Waals surface area contributed by atoms with Gasteiger partial charge in [-0.15, -0.1) is 0 Å². The molecule has 6 nitrogen and oxygen atoms in total. The number of hydrogen-bond acceptors (Lipinski definition) is 4. The van der Waals surface area contributed by atoms with Gasteiger partial charge in [0.25, 0.3) is 5.56 Å². The molecular formula is C18H21N3O3. The van der Waals surface area contributed by atoms with Crippen molar-refractivity contribution >= 4 is 10.9 Å². The first kappa shape index (κ1) is 16.3. The van der Waals surface area contributed by atoms with Gasteiger partial charge < -0.3 is 19.4 Å². The molecule has 0 aliphatic heterocycles. The monoisotopic (exact) mass is 327 g/mol. The molecule has 3 rings (SSSR count). The molecule has 0 bridgehead atoms. The van der Waals surface area contributed by atoms with Gasteiger partial charge in [0.2, 0.25) is 0 Å². The molecule has 0 amide bonds. The van der Waals surface area contributed by atoms with Crippen LogP contribution in [0.3, 0.4) is 0 Å². The number of pyridine rings is 1. The lowest BCUT2D eigenvalue weighted by molar-refractivity contribution is 0.281. The maximum atomic E-state index is 12.4. The van der Waals surface area contributed by atoms with Gasteiger partial charge in [-0.1, -0.05) is 0 Å². The molecule has 0 aliphatic rings. The summed E-state index contributed by atoms with van der Waals surface area (Å²) in [5.41, 5.74) is 1.14. The Morgan fingerprint density at radius 3 is 2.96 bits per heavy atom. The topological polar surface area (TPSA) is 80.1 Å². The van der Waals surface area contributed by atoms with Crippen LogP contribution < -0.4 is 10.3 Å². The fourth-order valence-electron chi connectivity index (χ4n) is 2.74. The number of nitrogens with zero attached hydrogens (tertiary/aromatic N) is 2. The average molecular weight is 327 g/mol. The average Bonchev–Trinajstić information content (AvgIpc) is 3.03. The van der Waals surface area contributed by atoms with E-state index in [4.69, 9.17) is 9.84 Å². The third-order valence-corrected chi connectivity index (χ3v) is 3.89. The van der Waals surface area contributed by atoms with E-state index in [2.05, 4.69) is 9.97 Å². The Hall–Kier alpha value is -2.60. The summed E-state index contributed by atoms with van der Waals surface area (Å²) in [4.78, 5) is 19.7. The number of unbranched alkanes of at least 4 members (excludes halogenated alkanes) is 1. The summed E-state index contributed by atoms with van der Waals surface area (Å²) >= 11 is 0. The number of H-pyrrole nitrogens is 1. The second-order valence-corrected chi connectivity index (χ2v) is 5.57. The third kappa shape index (κ3) is 3.33. The van der Waals surface area contributed by atoms with E-state index in [1.807, 2.05) is 42.0 Å². The SMILES string of the molecule is CCOc1ccc2[nH]c(=O)c(-c3nccn3CCCCO)cc2c1. The molecule has 3 aromatic rings. The van der Waals surface area contributed by atoms with Gasteiger partial charge in [0.05, 0.1) is 12.2 Å². The molecule has 0 spiro atoms. The van der Waals surface area contributed by atoms with Crippen molar-refractivity contribution < 1.29 is 9.84 Å². The quantitative estimate of drug-likeness (QED) is 0.654. The highest BCUT2D eigenvalue weighted by Gasteiger charge is 2.12. The van der Waals surface area contributed by atoms with Crippen LogP contribution in [0.4, 0.5) is 0 Å². The Bertz CT molecular complexity index is 883. The van der Waals surface area contributed by atoms with E-state index in [9.17, 15) is 4.79 Å². The molecule has 2 aromatic heterocycles. The van der Waals surface area contributed by atoms with E-state index < -0.39 is 0 Å². The predicted octanol–water partition coefficient (Wildman–Crippen LogP) is 2.56. The van der Waals surface area contributed by atoms with Gasteiger partial charge in [0, 0.05) is 36.4 Å². The van der Waals surface area contributed by atoms with Crippen molar-refractivity contribution in [2.45, 2.75) is 26.3 Å². The molecule has 126 valence electrons. The zero-order chi connectivity index (χ0) is 16.9. The standard InChI is InChI=1S/C18H21N3O3/c1-2-24-14-5-6-16-13(11-14)12-15(18(23)20-16)17-19-7-9-21(17)8-3-4-10-22/h5-7,9,11-12,22H,2-4,8,10H2,1H3,(H,20,23). The fraction of sp³-hybridized carbons (Fsp3) is 0.333. The van der Waals surface area contributed by atoms with Gasteiger partial charge in [0.1, 0.15) is 11.6 Å². The van der Waals surface area contributed by atoms with Crippen molar-refractivity contribution in [3.8, 4) is 17.1 Å². The zero-order valence-corrected chi connectivity index (χ0v) is 13.7. The van der Waals surface area contributed by atoms with Crippen LogP contribution in [0, 0.1) is 0 Å². The molecule has 2 heterocycles. The van der Waals surface area contributed by atoms with Crippen LogP contribution in [0.5, 0.6) is 5.75 Å². The van der Waals surface area contributed by atoms with Crippen LogP contribution in [0.2, 0.25) is 0 Å². The molecule has 0 fully saturated rings. The van der Waals surface area contributed by atoms with E-state index in [0.29, 0.717) is 24.5 Å². The van der Waals surface area contributed by atoms with Crippen LogP contribution in [0.1, 0.15) is 19.8 Å². The third-order valence-electron chi connectivity index (χ3n) is 3.89. The fourth-order valence-corrected chi connectivity index (χ4v) is 2.74. The molecule has 2 N–H and O–H groups in total. The van der Waals surface area contributed by atoms with Gasteiger partial charge in [-0.3, -0.25) is 4.79 Å². The number of aryl methyl sites for hydroxylation is 1. The summed E-state index contributed by atoms with van der Waals surface area (Å²) in [7, 11) is 0. The first-order chi connectivity index (χ1) is 11.7. The Morgan fingerprint density at radius 2 is 2.17 bits per heavy atom. The highest BCUT2D eigenvalue weighted by atomic mass is 16.5. The van der Waals surface area contributed by atoms with E-state index in [1.165, 1.54) is 0 Å². The van der Waals surface area contributed by atoms with Gasteiger partial charge in [-0.25, -0.2) is 4.98 Å². The first-order valence-electron chi connectivity index (χ1n) is 8.15. The maximum absolute atomic E-state index is 12.4. The normalized spacial score (nSPS) is 11.1. The number of ether oxygens (including phenoxy) is 1. The lowest BCUT2D eigenvalue weighted by atomic mass is 10.1. The van der Waals surface area contributed by atoms with Gasteiger partial charge in [-0.05, 0) is 44.0 Å². The molecule has 0 aliphatic carbocycles. The van der Waals surface area contributed by atoms with Crippen molar-refractivity contribution in [1.29, 1.82) is 0 Å². The highest BCUT2D eigenvalue weighted by molar-refractivity contribution is 5.83. The lowest BCUT2D eigenvalue weighted by Gasteiger charge is -2.09. The lowest BCUT2D eigenvalue weighted by Crippen LogP contribution is -2.12. The summed E-state index contributed by atoms with van der Waals surface area (Å²) in [5, 5.41) is 9.82. The Balaban J connectivity index is 2.01. The molecule has 6 heteroatoms. The molecular weight excluding hydrogens is 306 g/mol. The van der Waals surface area contributed by atoms with E-state index in [0.717, 1.165) is 29.5 Å². The Morgan fingerprint density at radius 1 is 1.29 bits per heavy atom. The molecule has 0 atom stereocenters. The molecule has 0 saturated carbocycles. The molecule has 0 unspecified atom stereocenters. The highest BCUT2D eigenvalue weighted by Crippen LogP contribution is 2.22. The van der Waals surface area contributed by atoms with Crippen LogP contribution >= 0.6 is 0 Å². The van der Waals surface area contributed by atoms with Crippen molar-refractivity contribution in [2.75, 3.05) is 13.2 Å². The Labute approximate surface area is 139 Å². The number of aromatic nitrogens is 3. The van der Waals surface area contributed by atoms with Gasteiger partial charge >= 0.3 is 0 Å². The van der Waals surface area contributed by atoms with Crippen molar-refractivity contribution in [3.05, 3.63) is 47.0 Å². The number of aliphatic hydroxyl groups is 1. The summed E-state index contributed by atoms with van der Waals surface area (Å²) in [6.45, 7) is 3.41. The molecule has 0 radical (unpaired) electrons. The molecule has 0 saturated heterocycles. The number of hydrogen-bond donors (Lipinski definition) is 2. The maximum Gasteiger partial charge on any atom is 0.259 e. The van der Waals surface area contributed by atoms with Crippen molar-refractivity contribution in [2.24, 2.45) is 0 Å². The number of aromatic amines is 1. The van der Waals surface area contributed by atoms with E-state index in [-0.39, 0.29) is 12.2 Å².